The lowest BCUT2D eigenvalue weighted by Gasteiger charge is -2.32. The molecule has 1 saturated heterocycles. The summed E-state index contributed by atoms with van der Waals surface area (Å²) in [6.45, 7) is 0.885. The molecular weight excluding hydrogens is 292 g/mol. The van der Waals surface area contributed by atoms with Crippen molar-refractivity contribution in [3.8, 4) is 6.07 Å². The number of hydrogen-bond acceptors (Lipinski definition) is 6. The highest BCUT2D eigenvalue weighted by atomic mass is 16.4. The van der Waals surface area contributed by atoms with Gasteiger partial charge in [0, 0.05) is 19.0 Å². The molecule has 0 unspecified atom stereocenters. The summed E-state index contributed by atoms with van der Waals surface area (Å²) in [5, 5.41) is 19.3. The van der Waals surface area contributed by atoms with Gasteiger partial charge in [-0.25, -0.2) is 9.97 Å². The summed E-state index contributed by atoms with van der Waals surface area (Å²) in [7, 11) is 0. The van der Waals surface area contributed by atoms with E-state index in [-0.39, 0.29) is 6.04 Å². The molecule has 0 saturated carbocycles. The molecule has 23 heavy (non-hydrogen) atoms. The van der Waals surface area contributed by atoms with Crippen LogP contribution in [0.25, 0.3) is 0 Å². The van der Waals surface area contributed by atoms with Gasteiger partial charge in [0.25, 0.3) is 0 Å². The second kappa shape index (κ2) is 7.25. The summed E-state index contributed by atoms with van der Waals surface area (Å²) < 4.78 is 5.31. The van der Waals surface area contributed by atoms with Gasteiger partial charge in [-0.2, -0.15) is 5.26 Å². The van der Waals surface area contributed by atoms with Crippen molar-refractivity contribution < 1.29 is 9.52 Å². The lowest BCUT2D eigenvalue weighted by Crippen LogP contribution is -2.36. The largest absolute Gasteiger partial charge is 0.467 e. The lowest BCUT2D eigenvalue weighted by atomic mass is 10.0. The summed E-state index contributed by atoms with van der Waals surface area (Å²) in [6, 6.07) is 5.75. The molecule has 0 spiro atoms. The zero-order chi connectivity index (χ0) is 16.1. The van der Waals surface area contributed by atoms with Crippen molar-refractivity contribution in [2.45, 2.75) is 44.2 Å². The lowest BCUT2D eigenvalue weighted by molar-refractivity contribution is 0.129. The van der Waals surface area contributed by atoms with Gasteiger partial charge in [0.15, 0.2) is 5.69 Å². The van der Waals surface area contributed by atoms with Gasteiger partial charge in [0.1, 0.15) is 23.8 Å². The van der Waals surface area contributed by atoms with Crippen molar-refractivity contribution in [2.24, 2.45) is 0 Å². The van der Waals surface area contributed by atoms with Crippen LogP contribution < -0.4 is 4.90 Å². The van der Waals surface area contributed by atoms with E-state index in [0.717, 1.165) is 31.6 Å². The van der Waals surface area contributed by atoms with Crippen molar-refractivity contribution in [1.29, 1.82) is 5.26 Å². The third kappa shape index (κ3) is 3.69. The average molecular weight is 312 g/mol. The van der Waals surface area contributed by atoms with Gasteiger partial charge in [0.05, 0.1) is 18.7 Å². The van der Waals surface area contributed by atoms with Gasteiger partial charge in [-0.1, -0.05) is 12.8 Å². The predicted molar refractivity (Wildman–Crippen MR) is 84.6 cm³/mol. The molecule has 1 fully saturated rings. The first kappa shape index (κ1) is 15.5. The predicted octanol–water partition coefficient (Wildman–Crippen LogP) is 2.81. The van der Waals surface area contributed by atoms with Crippen LogP contribution in [0.15, 0.2) is 35.2 Å². The van der Waals surface area contributed by atoms with Crippen LogP contribution in [0, 0.1) is 11.3 Å². The number of nitriles is 1. The third-order valence-electron chi connectivity index (χ3n) is 4.29. The summed E-state index contributed by atoms with van der Waals surface area (Å²) >= 11 is 0. The molecule has 2 atom stereocenters. The first-order chi connectivity index (χ1) is 11.3. The number of rotatable bonds is 4. The molecule has 0 aromatic carbocycles. The summed E-state index contributed by atoms with van der Waals surface area (Å²) in [5.41, 5.74) is 0.316. The zero-order valence-corrected chi connectivity index (χ0v) is 12.9. The van der Waals surface area contributed by atoms with E-state index in [0.29, 0.717) is 17.9 Å². The zero-order valence-electron chi connectivity index (χ0n) is 12.9. The van der Waals surface area contributed by atoms with Crippen LogP contribution in [-0.2, 0) is 0 Å². The van der Waals surface area contributed by atoms with Gasteiger partial charge >= 0.3 is 0 Å². The van der Waals surface area contributed by atoms with Gasteiger partial charge in [0.2, 0.25) is 0 Å². The molecule has 0 bridgehead atoms. The molecule has 2 aromatic heterocycles. The van der Waals surface area contributed by atoms with E-state index in [2.05, 4.69) is 14.9 Å². The van der Waals surface area contributed by atoms with Crippen molar-refractivity contribution in [3.05, 3.63) is 42.2 Å². The smallest absolute Gasteiger partial charge is 0.158 e. The molecule has 1 N–H and O–H groups in total. The Balaban J connectivity index is 1.78. The van der Waals surface area contributed by atoms with E-state index in [4.69, 9.17) is 9.68 Å². The van der Waals surface area contributed by atoms with E-state index in [9.17, 15) is 5.11 Å². The number of aliphatic hydroxyl groups is 1. The highest BCUT2D eigenvalue weighted by molar-refractivity contribution is 5.39. The fourth-order valence-electron chi connectivity index (χ4n) is 3.11. The van der Waals surface area contributed by atoms with E-state index >= 15 is 0 Å². The second-order valence-electron chi connectivity index (χ2n) is 5.84. The second-order valence-corrected chi connectivity index (χ2v) is 5.84. The Bertz CT molecular complexity index is 648. The first-order valence-corrected chi connectivity index (χ1v) is 7.98. The molecule has 3 rings (SSSR count). The van der Waals surface area contributed by atoms with E-state index in [1.54, 1.807) is 24.6 Å². The fraction of sp³-hybridized carbons (Fsp3) is 0.471. The first-order valence-electron chi connectivity index (χ1n) is 7.98. The summed E-state index contributed by atoms with van der Waals surface area (Å²) in [4.78, 5) is 10.7. The number of nitrogens with zero attached hydrogens (tertiary/aromatic N) is 4. The molecule has 3 heterocycles. The molecule has 0 radical (unpaired) electrons. The minimum atomic E-state index is -0.623. The monoisotopic (exact) mass is 312 g/mol. The van der Waals surface area contributed by atoms with Gasteiger partial charge in [-0.15, -0.1) is 0 Å². The Kier molecular flexibility index (Phi) is 4.89. The Morgan fingerprint density at radius 1 is 1.35 bits per heavy atom. The number of hydrogen-bond donors (Lipinski definition) is 1. The maximum absolute atomic E-state index is 10.4. The Morgan fingerprint density at radius 2 is 2.26 bits per heavy atom. The molecule has 1 aliphatic heterocycles. The molecule has 1 aliphatic rings. The Morgan fingerprint density at radius 3 is 2.96 bits per heavy atom. The molecule has 6 heteroatoms. The minimum Gasteiger partial charge on any atom is -0.467 e. The Hall–Kier alpha value is -2.39. The van der Waals surface area contributed by atoms with Crippen LogP contribution in [0.1, 0.15) is 49.7 Å². The number of furan rings is 1. The van der Waals surface area contributed by atoms with Crippen LogP contribution in [0.2, 0.25) is 0 Å². The van der Waals surface area contributed by atoms with Crippen LogP contribution in [0.4, 0.5) is 5.82 Å². The van der Waals surface area contributed by atoms with Crippen LogP contribution >= 0.6 is 0 Å². The SMILES string of the molecule is N#Cc1cnc(N2CCCCC[C@@H]2C[C@@H](O)c2ccco2)cn1. The quantitative estimate of drug-likeness (QED) is 0.934. The normalized spacial score (nSPS) is 19.8. The summed E-state index contributed by atoms with van der Waals surface area (Å²) in [5.74, 6) is 1.36. The number of aliphatic hydroxyl groups excluding tert-OH is 1. The topological polar surface area (TPSA) is 86.2 Å². The van der Waals surface area contributed by atoms with Crippen molar-refractivity contribution in [2.75, 3.05) is 11.4 Å². The number of anilines is 1. The summed E-state index contributed by atoms with van der Waals surface area (Å²) in [6.07, 6.45) is 9.10. The number of aromatic nitrogens is 2. The molecule has 6 nitrogen and oxygen atoms in total. The maximum atomic E-state index is 10.4. The van der Waals surface area contributed by atoms with Crippen LogP contribution in [0.5, 0.6) is 0 Å². The van der Waals surface area contributed by atoms with E-state index in [1.165, 1.54) is 12.6 Å². The molecule has 0 aliphatic carbocycles. The average Bonchev–Trinajstić information content (AvgIpc) is 3.03. The molecule has 0 amide bonds. The van der Waals surface area contributed by atoms with Crippen molar-refractivity contribution in [3.63, 3.8) is 0 Å². The van der Waals surface area contributed by atoms with Crippen molar-refractivity contribution >= 4 is 5.82 Å². The maximum Gasteiger partial charge on any atom is 0.158 e. The van der Waals surface area contributed by atoms with Gasteiger partial charge < -0.3 is 14.4 Å². The highest BCUT2D eigenvalue weighted by Gasteiger charge is 2.26. The van der Waals surface area contributed by atoms with E-state index in [1.807, 2.05) is 6.07 Å². The molecule has 120 valence electrons. The third-order valence-corrected chi connectivity index (χ3v) is 4.29. The minimum absolute atomic E-state index is 0.180. The Labute approximate surface area is 135 Å². The molecular formula is C17H20N4O2. The van der Waals surface area contributed by atoms with Crippen LogP contribution in [0.3, 0.4) is 0 Å². The fourth-order valence-corrected chi connectivity index (χ4v) is 3.11. The standard InChI is InChI=1S/C17H20N4O2/c18-10-13-11-20-17(12-19-13)21-7-3-1-2-5-14(21)9-15(22)16-6-4-8-23-16/h4,6,8,11-12,14-15,22H,1-3,5,7,9H2/t14-,15-/m1/s1. The van der Waals surface area contributed by atoms with Crippen LogP contribution in [-0.4, -0.2) is 27.7 Å². The highest BCUT2D eigenvalue weighted by Crippen LogP contribution is 2.29. The van der Waals surface area contributed by atoms with Crippen molar-refractivity contribution in [1.82, 2.24) is 9.97 Å². The molecule has 2 aromatic rings. The van der Waals surface area contributed by atoms with E-state index < -0.39 is 6.10 Å². The van der Waals surface area contributed by atoms with Gasteiger partial charge in [-0.3, -0.25) is 0 Å². The van der Waals surface area contributed by atoms with Gasteiger partial charge in [-0.05, 0) is 25.0 Å².